The predicted molar refractivity (Wildman–Crippen MR) is 101 cm³/mol. The summed E-state index contributed by atoms with van der Waals surface area (Å²) >= 11 is 5.99. The minimum atomic E-state index is -4.51. The predicted octanol–water partition coefficient (Wildman–Crippen LogP) is 5.91. The van der Waals surface area contributed by atoms with Crippen LogP contribution in [0.1, 0.15) is 35.4 Å². The molecule has 0 radical (unpaired) electrons. The van der Waals surface area contributed by atoms with E-state index in [0.717, 1.165) is 23.4 Å². The Morgan fingerprint density at radius 3 is 2.62 bits per heavy atom. The Morgan fingerprint density at radius 1 is 1.14 bits per heavy atom. The van der Waals surface area contributed by atoms with Gasteiger partial charge in [0.15, 0.2) is 5.65 Å². The van der Waals surface area contributed by atoms with E-state index >= 15 is 0 Å². The number of pyridine rings is 1. The molecule has 148 valence electrons. The van der Waals surface area contributed by atoms with Gasteiger partial charge < -0.3 is 8.92 Å². The van der Waals surface area contributed by atoms with Crippen LogP contribution in [0.2, 0.25) is 5.02 Å². The molecule has 0 aliphatic heterocycles. The van der Waals surface area contributed by atoms with E-state index in [1.165, 1.54) is 29.0 Å². The summed E-state index contributed by atoms with van der Waals surface area (Å²) in [4.78, 5) is 8.63. The molecule has 1 aliphatic carbocycles. The van der Waals surface area contributed by atoms with E-state index in [9.17, 15) is 13.2 Å². The molecular formula is C20H14ClF3N4O. The second-order valence-corrected chi connectivity index (χ2v) is 7.61. The molecule has 5 rings (SSSR count). The van der Waals surface area contributed by atoms with E-state index in [-0.39, 0.29) is 22.3 Å². The van der Waals surface area contributed by atoms with Crippen molar-refractivity contribution in [3.05, 3.63) is 58.4 Å². The average molecular weight is 419 g/mol. The molecule has 1 saturated carbocycles. The maximum Gasteiger partial charge on any atom is 0.417 e. The van der Waals surface area contributed by atoms with Crippen LogP contribution in [0.15, 0.2) is 41.2 Å². The number of aryl methyl sites for hydroxylation is 1. The summed E-state index contributed by atoms with van der Waals surface area (Å²) in [7, 11) is 0. The summed E-state index contributed by atoms with van der Waals surface area (Å²) in [6, 6.07) is 7.01. The summed E-state index contributed by atoms with van der Waals surface area (Å²) in [5.74, 6) is 1.16. The molecule has 0 atom stereocenters. The van der Waals surface area contributed by atoms with Gasteiger partial charge >= 0.3 is 6.18 Å². The Balaban J connectivity index is 1.52. The smallest absolute Gasteiger partial charge is 0.332 e. The van der Waals surface area contributed by atoms with E-state index < -0.39 is 11.7 Å². The van der Waals surface area contributed by atoms with Crippen LogP contribution < -0.4 is 0 Å². The van der Waals surface area contributed by atoms with E-state index in [0.29, 0.717) is 11.7 Å². The Morgan fingerprint density at radius 2 is 1.93 bits per heavy atom. The zero-order valence-corrected chi connectivity index (χ0v) is 15.9. The second-order valence-electron chi connectivity index (χ2n) is 7.20. The Kier molecular flexibility index (Phi) is 3.96. The Bertz CT molecular complexity index is 1240. The molecule has 1 fully saturated rings. The van der Waals surface area contributed by atoms with Crippen molar-refractivity contribution in [2.75, 3.05) is 0 Å². The highest BCUT2D eigenvalue weighted by atomic mass is 35.5. The van der Waals surface area contributed by atoms with Crippen molar-refractivity contribution < 1.29 is 17.7 Å². The summed E-state index contributed by atoms with van der Waals surface area (Å²) in [6.07, 6.45) is 0.242. The first-order valence-corrected chi connectivity index (χ1v) is 9.38. The SMILES string of the molecule is Cc1cc(C2CC2)ccc1-c1noc(-c2cn3cc(C(F)(F)F)cc(Cl)c3n2)n1. The molecule has 29 heavy (non-hydrogen) atoms. The van der Waals surface area contributed by atoms with Crippen LogP contribution >= 0.6 is 11.6 Å². The number of aromatic nitrogens is 4. The standard InChI is InChI=1S/C20H14ClF3N4O/c1-10-6-12(11-2-3-11)4-5-14(10)17-26-19(29-27-17)16-9-28-8-13(20(22,23)24)7-15(21)18(28)25-16/h4-9,11H,2-3H2,1H3. The lowest BCUT2D eigenvalue weighted by molar-refractivity contribution is -0.137. The fourth-order valence-electron chi connectivity index (χ4n) is 3.36. The molecule has 1 aromatic carbocycles. The van der Waals surface area contributed by atoms with Crippen molar-refractivity contribution in [2.24, 2.45) is 0 Å². The fourth-order valence-corrected chi connectivity index (χ4v) is 3.62. The van der Waals surface area contributed by atoms with E-state index in [4.69, 9.17) is 16.1 Å². The highest BCUT2D eigenvalue weighted by Gasteiger charge is 2.32. The first-order chi connectivity index (χ1) is 13.8. The number of imidazole rings is 1. The maximum atomic E-state index is 13.0. The fraction of sp³-hybridized carbons (Fsp3) is 0.250. The molecule has 5 nitrogen and oxygen atoms in total. The largest absolute Gasteiger partial charge is 0.417 e. The minimum absolute atomic E-state index is 0.110. The number of hydrogen-bond donors (Lipinski definition) is 0. The van der Waals surface area contributed by atoms with Crippen LogP contribution in [0, 0.1) is 6.92 Å². The van der Waals surface area contributed by atoms with Gasteiger partial charge in [-0.05, 0) is 42.9 Å². The van der Waals surface area contributed by atoms with Gasteiger partial charge in [0.25, 0.3) is 5.89 Å². The van der Waals surface area contributed by atoms with E-state index in [1.807, 2.05) is 13.0 Å². The molecule has 3 aromatic heterocycles. The van der Waals surface area contributed by atoms with E-state index in [2.05, 4.69) is 27.3 Å². The molecular weight excluding hydrogens is 405 g/mol. The molecule has 3 heterocycles. The van der Waals surface area contributed by atoms with Gasteiger partial charge in [0, 0.05) is 18.0 Å². The van der Waals surface area contributed by atoms with Crippen molar-refractivity contribution in [1.29, 1.82) is 0 Å². The highest BCUT2D eigenvalue weighted by molar-refractivity contribution is 6.33. The van der Waals surface area contributed by atoms with Gasteiger partial charge in [-0.1, -0.05) is 35.0 Å². The lowest BCUT2D eigenvalue weighted by atomic mass is 10.0. The summed E-state index contributed by atoms with van der Waals surface area (Å²) < 4.78 is 45.5. The van der Waals surface area contributed by atoms with Crippen LogP contribution in [-0.4, -0.2) is 19.5 Å². The number of halogens is 4. The van der Waals surface area contributed by atoms with Crippen molar-refractivity contribution in [2.45, 2.75) is 31.9 Å². The third kappa shape index (κ3) is 3.27. The number of nitrogens with zero attached hydrogens (tertiary/aromatic N) is 4. The van der Waals surface area contributed by atoms with Crippen LogP contribution in [0.5, 0.6) is 0 Å². The molecule has 4 aromatic rings. The third-order valence-corrected chi connectivity index (χ3v) is 5.30. The first-order valence-electron chi connectivity index (χ1n) is 9.00. The molecule has 1 aliphatic rings. The summed E-state index contributed by atoms with van der Waals surface area (Å²) in [6.45, 7) is 1.99. The topological polar surface area (TPSA) is 56.2 Å². The summed E-state index contributed by atoms with van der Waals surface area (Å²) in [5.41, 5.74) is 2.75. The van der Waals surface area contributed by atoms with Gasteiger partial charge in [-0.2, -0.15) is 18.2 Å². The van der Waals surface area contributed by atoms with Gasteiger partial charge in [-0.15, -0.1) is 0 Å². The van der Waals surface area contributed by atoms with Gasteiger partial charge in [-0.3, -0.25) is 0 Å². The third-order valence-electron chi connectivity index (χ3n) is 5.02. The number of benzene rings is 1. The number of fused-ring (bicyclic) bond motifs is 1. The van der Waals surface area contributed by atoms with Crippen molar-refractivity contribution >= 4 is 17.2 Å². The maximum absolute atomic E-state index is 13.0. The molecule has 0 N–H and O–H groups in total. The Hall–Kier alpha value is -2.87. The van der Waals surface area contributed by atoms with E-state index in [1.54, 1.807) is 0 Å². The zero-order chi connectivity index (χ0) is 20.3. The normalized spacial score (nSPS) is 14.7. The quantitative estimate of drug-likeness (QED) is 0.415. The first kappa shape index (κ1) is 18.2. The molecule has 0 bridgehead atoms. The van der Waals surface area contributed by atoms with Gasteiger partial charge in [0.2, 0.25) is 5.82 Å². The van der Waals surface area contributed by atoms with Gasteiger partial charge in [-0.25, -0.2) is 4.98 Å². The molecule has 0 unspecified atom stereocenters. The van der Waals surface area contributed by atoms with Crippen molar-refractivity contribution in [1.82, 2.24) is 19.5 Å². The second kappa shape index (κ2) is 6.32. The number of rotatable bonds is 3. The van der Waals surface area contributed by atoms with Crippen LogP contribution in [0.3, 0.4) is 0 Å². The van der Waals surface area contributed by atoms with Crippen molar-refractivity contribution in [3.63, 3.8) is 0 Å². The molecule has 0 saturated heterocycles. The number of hydrogen-bond acceptors (Lipinski definition) is 4. The lowest BCUT2D eigenvalue weighted by Crippen LogP contribution is -2.06. The minimum Gasteiger partial charge on any atom is -0.332 e. The van der Waals surface area contributed by atoms with Crippen LogP contribution in [0.25, 0.3) is 28.6 Å². The molecule has 9 heteroatoms. The van der Waals surface area contributed by atoms with Gasteiger partial charge in [0.1, 0.15) is 5.69 Å². The van der Waals surface area contributed by atoms with Crippen LogP contribution in [-0.2, 0) is 6.18 Å². The lowest BCUT2D eigenvalue weighted by Gasteiger charge is -2.07. The van der Waals surface area contributed by atoms with Gasteiger partial charge in [0.05, 0.1) is 10.6 Å². The highest BCUT2D eigenvalue weighted by Crippen LogP contribution is 2.41. The number of alkyl halides is 3. The summed E-state index contributed by atoms with van der Waals surface area (Å²) in [5, 5.41) is 3.90. The Labute approximate surface area is 168 Å². The van der Waals surface area contributed by atoms with Crippen LogP contribution in [0.4, 0.5) is 13.2 Å². The van der Waals surface area contributed by atoms with Crippen molar-refractivity contribution in [3.8, 4) is 23.0 Å². The average Bonchev–Trinajstić information content (AvgIpc) is 3.22. The zero-order valence-electron chi connectivity index (χ0n) is 15.2. The molecule has 0 spiro atoms. The monoisotopic (exact) mass is 418 g/mol. The molecule has 0 amide bonds.